The molecule has 1 fully saturated rings. The Balaban J connectivity index is 2.05. The smallest absolute Gasteiger partial charge is 0.227 e. The van der Waals surface area contributed by atoms with E-state index in [1.807, 2.05) is 19.1 Å². The molecule has 2 atom stereocenters. The molecule has 2 unspecified atom stereocenters. The van der Waals surface area contributed by atoms with Gasteiger partial charge in [-0.25, -0.2) is 0 Å². The van der Waals surface area contributed by atoms with E-state index in [9.17, 15) is 4.79 Å². The molecule has 4 nitrogen and oxygen atoms in total. The van der Waals surface area contributed by atoms with Crippen LogP contribution in [0.15, 0.2) is 24.3 Å². The fourth-order valence-corrected chi connectivity index (χ4v) is 2.90. The van der Waals surface area contributed by atoms with Crippen LogP contribution in [0.4, 0.5) is 0 Å². The Morgan fingerprint density at radius 1 is 1.48 bits per heavy atom. The number of carbonyl (C=O) groups is 1. The van der Waals surface area contributed by atoms with Gasteiger partial charge in [-0.1, -0.05) is 19.1 Å². The second-order valence-electron chi connectivity index (χ2n) is 5.84. The lowest BCUT2D eigenvalue weighted by Gasteiger charge is -2.36. The highest BCUT2D eigenvalue weighted by Gasteiger charge is 2.38. The predicted octanol–water partition coefficient (Wildman–Crippen LogP) is 2.52. The van der Waals surface area contributed by atoms with Gasteiger partial charge in [-0.05, 0) is 50.4 Å². The number of benzene rings is 1. The molecule has 1 aliphatic rings. The van der Waals surface area contributed by atoms with Crippen LogP contribution in [0.5, 0.6) is 0 Å². The van der Waals surface area contributed by atoms with E-state index in [4.69, 9.17) is 5.26 Å². The maximum absolute atomic E-state index is 12.7. The standard InChI is InChI=1S/C17H23N3O/c1-3-17(9-4-10-19-12-17)16(21)20-13(2)15-7-5-14(11-18)6-8-15/h5-8,13,19H,3-4,9-10,12H2,1-2H3,(H,20,21). The van der Waals surface area contributed by atoms with Crippen LogP contribution in [0, 0.1) is 16.7 Å². The second kappa shape index (κ2) is 6.73. The summed E-state index contributed by atoms with van der Waals surface area (Å²) in [5, 5.41) is 15.3. The van der Waals surface area contributed by atoms with E-state index in [-0.39, 0.29) is 17.4 Å². The third-order valence-corrected chi connectivity index (χ3v) is 4.52. The Morgan fingerprint density at radius 3 is 2.71 bits per heavy atom. The van der Waals surface area contributed by atoms with Crippen LogP contribution >= 0.6 is 0 Å². The van der Waals surface area contributed by atoms with Gasteiger partial charge in [-0.15, -0.1) is 0 Å². The molecule has 21 heavy (non-hydrogen) atoms. The molecule has 2 N–H and O–H groups in total. The topological polar surface area (TPSA) is 64.9 Å². The van der Waals surface area contributed by atoms with Gasteiger partial charge in [0.25, 0.3) is 0 Å². The molecular weight excluding hydrogens is 262 g/mol. The van der Waals surface area contributed by atoms with Gasteiger partial charge in [0.05, 0.1) is 23.1 Å². The van der Waals surface area contributed by atoms with E-state index >= 15 is 0 Å². The summed E-state index contributed by atoms with van der Waals surface area (Å²) in [5.41, 5.74) is 1.38. The maximum Gasteiger partial charge on any atom is 0.227 e. The first-order chi connectivity index (χ1) is 10.1. The summed E-state index contributed by atoms with van der Waals surface area (Å²) in [4.78, 5) is 12.7. The Labute approximate surface area is 126 Å². The highest BCUT2D eigenvalue weighted by molar-refractivity contribution is 5.83. The molecule has 2 rings (SSSR count). The molecule has 1 amide bonds. The highest BCUT2D eigenvalue weighted by Crippen LogP contribution is 2.31. The van der Waals surface area contributed by atoms with Crippen LogP contribution in [0.1, 0.15) is 50.3 Å². The first kappa shape index (κ1) is 15.5. The summed E-state index contributed by atoms with van der Waals surface area (Å²) in [6.07, 6.45) is 2.85. The molecule has 1 aromatic carbocycles. The van der Waals surface area contributed by atoms with E-state index in [2.05, 4.69) is 23.6 Å². The highest BCUT2D eigenvalue weighted by atomic mass is 16.2. The largest absolute Gasteiger partial charge is 0.349 e. The van der Waals surface area contributed by atoms with Crippen LogP contribution in [-0.2, 0) is 4.79 Å². The minimum atomic E-state index is -0.279. The van der Waals surface area contributed by atoms with Crippen molar-refractivity contribution in [1.29, 1.82) is 5.26 Å². The van der Waals surface area contributed by atoms with E-state index in [1.165, 1.54) is 0 Å². The number of rotatable bonds is 4. The summed E-state index contributed by atoms with van der Waals surface area (Å²) in [7, 11) is 0. The first-order valence-electron chi connectivity index (χ1n) is 7.63. The van der Waals surface area contributed by atoms with Crippen LogP contribution in [0.25, 0.3) is 0 Å². The molecule has 0 radical (unpaired) electrons. The van der Waals surface area contributed by atoms with E-state index in [1.54, 1.807) is 12.1 Å². The molecule has 1 aliphatic heterocycles. The normalized spacial score (nSPS) is 23.1. The molecule has 1 aromatic rings. The monoisotopic (exact) mass is 285 g/mol. The Morgan fingerprint density at radius 2 is 2.19 bits per heavy atom. The van der Waals surface area contributed by atoms with Gasteiger partial charge in [0.1, 0.15) is 0 Å². The van der Waals surface area contributed by atoms with Crippen LogP contribution in [-0.4, -0.2) is 19.0 Å². The van der Waals surface area contributed by atoms with Gasteiger partial charge in [-0.3, -0.25) is 4.79 Å². The Kier molecular flexibility index (Phi) is 4.98. The molecule has 112 valence electrons. The Hall–Kier alpha value is -1.86. The van der Waals surface area contributed by atoms with Crippen molar-refractivity contribution >= 4 is 5.91 Å². The number of piperidine rings is 1. The van der Waals surface area contributed by atoms with Crippen molar-refractivity contribution in [2.45, 2.75) is 39.2 Å². The van der Waals surface area contributed by atoms with Gasteiger partial charge in [-0.2, -0.15) is 5.26 Å². The van der Waals surface area contributed by atoms with Crippen molar-refractivity contribution in [3.8, 4) is 6.07 Å². The third kappa shape index (κ3) is 3.43. The van der Waals surface area contributed by atoms with E-state index < -0.39 is 0 Å². The maximum atomic E-state index is 12.7. The molecule has 0 saturated carbocycles. The number of nitrogens with zero attached hydrogens (tertiary/aromatic N) is 1. The molecule has 0 bridgehead atoms. The molecule has 1 heterocycles. The SMILES string of the molecule is CCC1(C(=O)NC(C)c2ccc(C#N)cc2)CCCNC1. The quantitative estimate of drug-likeness (QED) is 0.893. The van der Waals surface area contributed by atoms with Gasteiger partial charge in [0.2, 0.25) is 5.91 Å². The number of amides is 1. The summed E-state index contributed by atoms with van der Waals surface area (Å²) in [6.45, 7) is 5.83. The first-order valence-corrected chi connectivity index (χ1v) is 7.63. The van der Waals surface area contributed by atoms with Gasteiger partial charge < -0.3 is 10.6 Å². The zero-order chi connectivity index (χ0) is 15.3. The lowest BCUT2D eigenvalue weighted by atomic mass is 9.77. The number of nitriles is 1. The van der Waals surface area contributed by atoms with E-state index in [0.29, 0.717) is 5.56 Å². The molecular formula is C17H23N3O. The number of hydrogen-bond donors (Lipinski definition) is 2. The average molecular weight is 285 g/mol. The van der Waals surface area contributed by atoms with Gasteiger partial charge in [0.15, 0.2) is 0 Å². The van der Waals surface area contributed by atoms with Crippen molar-refractivity contribution in [3.05, 3.63) is 35.4 Å². The fraction of sp³-hybridized carbons (Fsp3) is 0.529. The molecule has 1 saturated heterocycles. The zero-order valence-corrected chi connectivity index (χ0v) is 12.8. The number of nitrogens with one attached hydrogen (secondary N) is 2. The van der Waals surface area contributed by atoms with Gasteiger partial charge >= 0.3 is 0 Å². The summed E-state index contributed by atoms with van der Waals surface area (Å²) >= 11 is 0. The molecule has 0 aliphatic carbocycles. The summed E-state index contributed by atoms with van der Waals surface area (Å²) in [6, 6.07) is 9.44. The van der Waals surface area contributed by atoms with Crippen LogP contribution < -0.4 is 10.6 Å². The number of carbonyl (C=O) groups excluding carboxylic acids is 1. The Bertz CT molecular complexity index is 524. The van der Waals surface area contributed by atoms with Crippen molar-refractivity contribution in [3.63, 3.8) is 0 Å². The van der Waals surface area contributed by atoms with Crippen molar-refractivity contribution < 1.29 is 4.79 Å². The molecule has 0 spiro atoms. The van der Waals surface area contributed by atoms with Crippen molar-refractivity contribution in [2.24, 2.45) is 5.41 Å². The minimum absolute atomic E-state index is 0.0457. The summed E-state index contributed by atoms with van der Waals surface area (Å²) in [5.74, 6) is 0.133. The van der Waals surface area contributed by atoms with Crippen LogP contribution in [0.3, 0.4) is 0 Å². The third-order valence-electron chi connectivity index (χ3n) is 4.52. The average Bonchev–Trinajstić information content (AvgIpc) is 2.55. The molecule has 0 aromatic heterocycles. The fourth-order valence-electron chi connectivity index (χ4n) is 2.90. The lowest BCUT2D eigenvalue weighted by Crippen LogP contribution is -2.50. The zero-order valence-electron chi connectivity index (χ0n) is 12.8. The molecule has 4 heteroatoms. The number of hydrogen-bond acceptors (Lipinski definition) is 3. The van der Waals surface area contributed by atoms with Gasteiger partial charge in [0, 0.05) is 6.54 Å². The second-order valence-corrected chi connectivity index (χ2v) is 5.84. The van der Waals surface area contributed by atoms with Crippen molar-refractivity contribution in [1.82, 2.24) is 10.6 Å². The lowest BCUT2D eigenvalue weighted by molar-refractivity contribution is -0.133. The summed E-state index contributed by atoms with van der Waals surface area (Å²) < 4.78 is 0. The van der Waals surface area contributed by atoms with E-state index in [0.717, 1.165) is 37.9 Å². The van der Waals surface area contributed by atoms with Crippen LogP contribution in [0.2, 0.25) is 0 Å². The van der Waals surface area contributed by atoms with Crippen molar-refractivity contribution in [2.75, 3.05) is 13.1 Å². The minimum Gasteiger partial charge on any atom is -0.349 e. The predicted molar refractivity (Wildman–Crippen MR) is 82.5 cm³/mol.